The number of aliphatic hydroxyl groups excluding tert-OH is 1. The van der Waals surface area contributed by atoms with E-state index in [1.165, 1.54) is 5.57 Å². The molecule has 282 valence electrons. The van der Waals surface area contributed by atoms with Crippen LogP contribution in [0.5, 0.6) is 0 Å². The fourth-order valence-corrected chi connectivity index (χ4v) is 11.0. The number of aliphatic hydroxyl groups is 1. The lowest BCUT2D eigenvalue weighted by Gasteiger charge is -2.54. The van der Waals surface area contributed by atoms with Gasteiger partial charge in [0.2, 0.25) is 17.7 Å². The van der Waals surface area contributed by atoms with E-state index >= 15 is 0 Å². The summed E-state index contributed by atoms with van der Waals surface area (Å²) in [4.78, 5) is 50.9. The van der Waals surface area contributed by atoms with E-state index in [-0.39, 0.29) is 53.6 Å². The number of H-pyrrole nitrogens is 1. The number of carbonyl (C=O) groups is 3. The number of rotatable bonds is 16. The van der Waals surface area contributed by atoms with Gasteiger partial charge >= 0.3 is 0 Å². The molecule has 4 aliphatic carbocycles. The molecule has 6 rings (SSSR count). The second kappa shape index (κ2) is 16.7. The Morgan fingerprint density at radius 2 is 1.94 bits per heavy atom. The van der Waals surface area contributed by atoms with Crippen LogP contribution in [-0.4, -0.2) is 74.6 Å². The zero-order chi connectivity index (χ0) is 36.2. The Labute approximate surface area is 305 Å². The normalized spacial score (nSPS) is 33.5. The SMILES string of the molecule is CCCC(Cc1cnc[nH]1)NC(=O)C1CCC(CCC)N1C(=O)C(CC)CC1C2CC3=CC(OCC)=CCC4CC(NC(=O)CC)C(O)C1C2C34. The Hall–Kier alpha value is -3.14. The molecule has 2 heterocycles. The van der Waals surface area contributed by atoms with Crippen molar-refractivity contribution in [3.05, 3.63) is 41.7 Å². The first kappa shape index (κ1) is 37.6. The molecule has 4 fully saturated rings. The van der Waals surface area contributed by atoms with E-state index in [0.717, 1.165) is 62.8 Å². The van der Waals surface area contributed by atoms with Crippen LogP contribution in [0.2, 0.25) is 0 Å². The lowest BCUT2D eigenvalue weighted by atomic mass is 9.52. The molecule has 10 heteroatoms. The van der Waals surface area contributed by atoms with E-state index in [4.69, 9.17) is 4.74 Å². The van der Waals surface area contributed by atoms with E-state index in [2.05, 4.69) is 53.5 Å². The predicted octanol–water partition coefficient (Wildman–Crippen LogP) is 5.84. The van der Waals surface area contributed by atoms with Gasteiger partial charge in [0.05, 0.1) is 25.1 Å². The second-order valence-corrected chi connectivity index (χ2v) is 16.1. The minimum Gasteiger partial charge on any atom is -0.494 e. The highest BCUT2D eigenvalue weighted by Crippen LogP contribution is 2.67. The minimum atomic E-state index is -0.649. The number of aromatic amines is 1. The molecule has 3 saturated carbocycles. The van der Waals surface area contributed by atoms with E-state index in [9.17, 15) is 19.5 Å². The van der Waals surface area contributed by atoms with Crippen molar-refractivity contribution in [2.75, 3.05) is 6.61 Å². The van der Waals surface area contributed by atoms with Gasteiger partial charge in [0.25, 0.3) is 0 Å². The maximum Gasteiger partial charge on any atom is 0.243 e. The van der Waals surface area contributed by atoms with Crippen LogP contribution in [0.1, 0.15) is 117 Å². The molecule has 1 saturated heterocycles. The lowest BCUT2D eigenvalue weighted by Crippen LogP contribution is -2.57. The number of carbonyl (C=O) groups excluding carboxylic acids is 3. The van der Waals surface area contributed by atoms with Crippen molar-refractivity contribution < 1.29 is 24.2 Å². The fourth-order valence-electron chi connectivity index (χ4n) is 11.0. The van der Waals surface area contributed by atoms with E-state index in [1.807, 2.05) is 24.9 Å². The predicted molar refractivity (Wildman–Crippen MR) is 197 cm³/mol. The largest absolute Gasteiger partial charge is 0.494 e. The minimum absolute atomic E-state index is 0.0231. The molecule has 0 radical (unpaired) electrons. The first-order chi connectivity index (χ1) is 24.7. The van der Waals surface area contributed by atoms with E-state index < -0.39 is 12.1 Å². The zero-order valence-electron chi connectivity index (χ0n) is 31.6. The maximum absolute atomic E-state index is 14.8. The molecule has 12 unspecified atom stereocenters. The van der Waals surface area contributed by atoms with Gasteiger partial charge in [-0.05, 0) is 112 Å². The number of ether oxygens (including phenoxy) is 1. The number of aromatic nitrogens is 2. The van der Waals surface area contributed by atoms with Gasteiger partial charge in [-0.25, -0.2) is 4.98 Å². The summed E-state index contributed by atoms with van der Waals surface area (Å²) in [5, 5.41) is 18.6. The third-order valence-corrected chi connectivity index (χ3v) is 13.2. The van der Waals surface area contributed by atoms with Crippen LogP contribution in [0.3, 0.4) is 0 Å². The van der Waals surface area contributed by atoms with Crippen molar-refractivity contribution in [1.82, 2.24) is 25.5 Å². The molecule has 5 aliphatic rings. The van der Waals surface area contributed by atoms with Gasteiger partial charge in [-0.3, -0.25) is 14.4 Å². The highest BCUT2D eigenvalue weighted by Gasteiger charge is 2.64. The van der Waals surface area contributed by atoms with E-state index in [1.54, 1.807) is 6.33 Å². The van der Waals surface area contributed by atoms with Gasteiger partial charge in [-0.15, -0.1) is 0 Å². The van der Waals surface area contributed by atoms with Crippen LogP contribution in [-0.2, 0) is 25.5 Å². The summed E-state index contributed by atoms with van der Waals surface area (Å²) in [7, 11) is 0. The summed E-state index contributed by atoms with van der Waals surface area (Å²) in [6.45, 7) is 10.9. The number of likely N-dealkylation sites (tertiary alicyclic amines) is 1. The maximum atomic E-state index is 14.8. The molecule has 1 aromatic heterocycles. The lowest BCUT2D eigenvalue weighted by molar-refractivity contribution is -0.148. The topological polar surface area (TPSA) is 137 Å². The summed E-state index contributed by atoms with van der Waals surface area (Å²) in [5.41, 5.74) is 2.42. The standard InChI is InChI=1S/C41H63N5O5/c1-6-11-27(21-28-22-42-23-43-28)44-40(49)34-16-14-29(12-7-2)46(34)41(50)24(8-3)18-32-31-19-26-17-30(51-10-5)15-13-25-20-33(45-35(47)9-4)39(48)38(32)37(31)36(25)26/h15,17,22-25,27,29,31-34,36-39,48H,6-14,16,18-21H2,1-5H3,(H,42,43)(H,44,49)(H,45,47). The first-order valence-electron chi connectivity index (χ1n) is 20.3. The van der Waals surface area contributed by atoms with E-state index in [0.29, 0.717) is 62.4 Å². The van der Waals surface area contributed by atoms with Gasteiger partial charge in [0.15, 0.2) is 0 Å². The Bertz CT molecular complexity index is 1430. The van der Waals surface area contributed by atoms with Crippen LogP contribution in [0.15, 0.2) is 36.0 Å². The highest BCUT2D eigenvalue weighted by molar-refractivity contribution is 5.89. The molecule has 1 aromatic rings. The Morgan fingerprint density at radius 1 is 1.12 bits per heavy atom. The number of imidazole rings is 1. The quantitative estimate of drug-likeness (QED) is 0.171. The van der Waals surface area contributed by atoms with Crippen molar-refractivity contribution in [3.63, 3.8) is 0 Å². The Morgan fingerprint density at radius 3 is 2.63 bits per heavy atom. The number of hydrogen-bond acceptors (Lipinski definition) is 6. The average Bonchev–Trinajstić information content (AvgIpc) is 3.81. The van der Waals surface area contributed by atoms with Gasteiger partial charge in [-0.1, -0.05) is 46.1 Å². The Kier molecular flexibility index (Phi) is 12.3. The number of amides is 3. The third kappa shape index (κ3) is 7.67. The summed E-state index contributed by atoms with van der Waals surface area (Å²) in [5.74, 6) is 2.37. The zero-order valence-corrected chi connectivity index (χ0v) is 31.6. The van der Waals surface area contributed by atoms with Crippen LogP contribution < -0.4 is 10.6 Å². The molecular weight excluding hydrogens is 642 g/mol. The smallest absolute Gasteiger partial charge is 0.243 e. The number of allylic oxidation sites excluding steroid dienone is 3. The molecule has 4 N–H and O–H groups in total. The molecule has 51 heavy (non-hydrogen) atoms. The van der Waals surface area contributed by atoms with Gasteiger partial charge < -0.3 is 30.4 Å². The first-order valence-corrected chi connectivity index (χ1v) is 20.3. The third-order valence-electron chi connectivity index (χ3n) is 13.2. The van der Waals surface area contributed by atoms with Crippen molar-refractivity contribution in [1.29, 1.82) is 0 Å². The number of nitrogens with zero attached hydrogens (tertiary/aromatic N) is 2. The molecular formula is C41H63N5O5. The van der Waals surface area contributed by atoms with Gasteiger partial charge in [0.1, 0.15) is 11.8 Å². The van der Waals surface area contributed by atoms with Gasteiger partial charge in [-0.2, -0.15) is 0 Å². The number of hydrogen-bond donors (Lipinski definition) is 4. The van der Waals surface area contributed by atoms with Crippen LogP contribution in [0, 0.1) is 41.4 Å². The summed E-state index contributed by atoms with van der Waals surface area (Å²) in [6, 6.07) is -0.742. The van der Waals surface area contributed by atoms with Crippen LogP contribution in [0.4, 0.5) is 0 Å². The average molecular weight is 706 g/mol. The second-order valence-electron chi connectivity index (χ2n) is 16.1. The molecule has 3 amide bonds. The van der Waals surface area contributed by atoms with Crippen molar-refractivity contribution >= 4 is 17.7 Å². The monoisotopic (exact) mass is 705 g/mol. The highest BCUT2D eigenvalue weighted by atomic mass is 16.5. The molecule has 10 nitrogen and oxygen atoms in total. The van der Waals surface area contributed by atoms with Crippen LogP contribution >= 0.6 is 0 Å². The van der Waals surface area contributed by atoms with Crippen molar-refractivity contribution in [3.8, 4) is 0 Å². The number of nitrogens with one attached hydrogen (secondary N) is 3. The summed E-state index contributed by atoms with van der Waals surface area (Å²) in [6.07, 6.45) is 17.5. The van der Waals surface area contributed by atoms with Crippen LogP contribution in [0.25, 0.3) is 0 Å². The summed E-state index contributed by atoms with van der Waals surface area (Å²) >= 11 is 0. The Balaban J connectivity index is 1.23. The molecule has 0 bridgehead atoms. The van der Waals surface area contributed by atoms with Gasteiger partial charge in [0, 0.05) is 42.7 Å². The molecule has 1 aliphatic heterocycles. The molecule has 12 atom stereocenters. The summed E-state index contributed by atoms with van der Waals surface area (Å²) < 4.78 is 6.03. The molecule has 0 spiro atoms. The fraction of sp³-hybridized carbons (Fsp3) is 0.756. The van der Waals surface area contributed by atoms with Crippen molar-refractivity contribution in [2.45, 2.75) is 148 Å². The van der Waals surface area contributed by atoms with Crippen molar-refractivity contribution in [2.24, 2.45) is 41.4 Å². The molecule has 0 aromatic carbocycles.